The van der Waals surface area contributed by atoms with Gasteiger partial charge in [-0.3, -0.25) is 4.79 Å². The number of carbonyl (C=O) groups excluding carboxylic acids is 1. The summed E-state index contributed by atoms with van der Waals surface area (Å²) in [5.74, 6) is -0.146. The smallest absolute Gasteiger partial charge is 0.254 e. The molecule has 1 aromatic carbocycles. The predicted octanol–water partition coefficient (Wildman–Crippen LogP) is 2.92. The van der Waals surface area contributed by atoms with E-state index in [2.05, 4.69) is 20.8 Å². The van der Waals surface area contributed by atoms with Gasteiger partial charge in [0.05, 0.1) is 5.56 Å². The molecular formula is C15H14ClN5OS. The summed E-state index contributed by atoms with van der Waals surface area (Å²) in [6, 6.07) is 7.37. The Morgan fingerprint density at radius 1 is 1.30 bits per heavy atom. The minimum atomic E-state index is -0.146. The number of nitrogens with zero attached hydrogens (tertiary/aromatic N) is 4. The van der Waals surface area contributed by atoms with Crippen LogP contribution in [-0.2, 0) is 6.54 Å². The number of benzene rings is 1. The minimum absolute atomic E-state index is 0.146. The lowest BCUT2D eigenvalue weighted by molar-refractivity contribution is 0.0950. The summed E-state index contributed by atoms with van der Waals surface area (Å²) < 4.78 is 1.52. The molecule has 0 aliphatic carbocycles. The Labute approximate surface area is 142 Å². The van der Waals surface area contributed by atoms with Crippen molar-refractivity contribution < 1.29 is 4.79 Å². The summed E-state index contributed by atoms with van der Waals surface area (Å²) in [6.07, 6.45) is 1.49. The third-order valence-corrected chi connectivity index (χ3v) is 4.97. The first kappa shape index (κ1) is 15.6. The summed E-state index contributed by atoms with van der Waals surface area (Å²) in [5.41, 5.74) is 2.53. The van der Waals surface area contributed by atoms with Crippen LogP contribution in [-0.4, -0.2) is 26.1 Å². The normalized spacial score (nSPS) is 10.7. The van der Waals surface area contributed by atoms with Crippen LogP contribution in [0.2, 0.25) is 5.02 Å². The summed E-state index contributed by atoms with van der Waals surface area (Å²) in [6.45, 7) is 4.33. The van der Waals surface area contributed by atoms with Crippen molar-refractivity contribution in [2.75, 3.05) is 0 Å². The van der Waals surface area contributed by atoms with Gasteiger partial charge in [-0.1, -0.05) is 23.7 Å². The number of hydrogen-bond acceptors (Lipinski definition) is 5. The van der Waals surface area contributed by atoms with Crippen molar-refractivity contribution in [3.05, 3.63) is 57.2 Å². The van der Waals surface area contributed by atoms with Crippen molar-refractivity contribution in [3.8, 4) is 5.00 Å². The van der Waals surface area contributed by atoms with E-state index in [1.54, 1.807) is 12.1 Å². The average molecular weight is 348 g/mol. The van der Waals surface area contributed by atoms with Crippen molar-refractivity contribution in [1.82, 2.24) is 25.5 Å². The molecule has 6 nitrogen and oxygen atoms in total. The minimum Gasteiger partial charge on any atom is -0.348 e. The first-order chi connectivity index (χ1) is 11.1. The van der Waals surface area contributed by atoms with Gasteiger partial charge in [0.25, 0.3) is 5.91 Å². The lowest BCUT2D eigenvalue weighted by atomic mass is 10.1. The van der Waals surface area contributed by atoms with Gasteiger partial charge in [0.1, 0.15) is 11.3 Å². The number of rotatable bonds is 4. The number of amides is 1. The molecule has 8 heteroatoms. The molecule has 0 radical (unpaired) electrons. The van der Waals surface area contributed by atoms with Gasteiger partial charge < -0.3 is 5.32 Å². The molecule has 0 aliphatic heterocycles. The van der Waals surface area contributed by atoms with Crippen LogP contribution in [0.4, 0.5) is 0 Å². The van der Waals surface area contributed by atoms with Gasteiger partial charge in [-0.25, -0.2) is 0 Å². The fourth-order valence-corrected chi connectivity index (χ4v) is 3.36. The topological polar surface area (TPSA) is 72.7 Å². The SMILES string of the molecule is Cc1sc(-n2cnnn2)c(C(=O)NCc2ccc(Cl)cc2)c1C. The Morgan fingerprint density at radius 2 is 2.04 bits per heavy atom. The van der Waals surface area contributed by atoms with Crippen LogP contribution in [0.15, 0.2) is 30.6 Å². The monoisotopic (exact) mass is 347 g/mol. The third-order valence-electron chi connectivity index (χ3n) is 3.52. The van der Waals surface area contributed by atoms with Crippen LogP contribution in [0, 0.1) is 13.8 Å². The largest absolute Gasteiger partial charge is 0.348 e. The first-order valence-electron chi connectivity index (χ1n) is 6.92. The van der Waals surface area contributed by atoms with Crippen molar-refractivity contribution >= 4 is 28.8 Å². The molecule has 0 fully saturated rings. The Kier molecular flexibility index (Phi) is 4.40. The Balaban J connectivity index is 1.83. The molecule has 118 valence electrons. The lowest BCUT2D eigenvalue weighted by Crippen LogP contribution is -2.24. The van der Waals surface area contributed by atoms with Gasteiger partial charge >= 0.3 is 0 Å². The number of halogens is 1. The molecule has 0 saturated heterocycles. The van der Waals surface area contributed by atoms with Gasteiger partial charge in [-0.2, -0.15) is 4.68 Å². The van der Waals surface area contributed by atoms with Crippen molar-refractivity contribution in [2.45, 2.75) is 20.4 Å². The fourth-order valence-electron chi connectivity index (χ4n) is 2.17. The fraction of sp³-hybridized carbons (Fsp3) is 0.200. The molecule has 3 aromatic rings. The first-order valence-corrected chi connectivity index (χ1v) is 8.11. The Morgan fingerprint density at radius 3 is 2.70 bits per heavy atom. The van der Waals surface area contributed by atoms with Crippen LogP contribution in [0.3, 0.4) is 0 Å². The number of aromatic nitrogens is 4. The van der Waals surface area contributed by atoms with E-state index >= 15 is 0 Å². The highest BCUT2D eigenvalue weighted by Gasteiger charge is 2.21. The number of thiophene rings is 1. The Bertz CT molecular complexity index is 826. The van der Waals surface area contributed by atoms with E-state index in [1.807, 2.05) is 26.0 Å². The van der Waals surface area contributed by atoms with Crippen LogP contribution in [0.5, 0.6) is 0 Å². The van der Waals surface area contributed by atoms with Crippen LogP contribution in [0.1, 0.15) is 26.4 Å². The van der Waals surface area contributed by atoms with Crippen molar-refractivity contribution in [1.29, 1.82) is 0 Å². The van der Waals surface area contributed by atoms with Crippen LogP contribution >= 0.6 is 22.9 Å². The lowest BCUT2D eigenvalue weighted by Gasteiger charge is -2.07. The van der Waals surface area contributed by atoms with E-state index in [-0.39, 0.29) is 5.91 Å². The molecule has 3 rings (SSSR count). The molecule has 0 atom stereocenters. The number of hydrogen-bond donors (Lipinski definition) is 1. The maximum atomic E-state index is 12.6. The van der Waals surface area contributed by atoms with Crippen molar-refractivity contribution in [3.63, 3.8) is 0 Å². The molecule has 2 aromatic heterocycles. The highest BCUT2D eigenvalue weighted by molar-refractivity contribution is 7.15. The zero-order valence-electron chi connectivity index (χ0n) is 12.6. The maximum absolute atomic E-state index is 12.6. The summed E-state index contributed by atoms with van der Waals surface area (Å²) >= 11 is 7.36. The third kappa shape index (κ3) is 3.25. The molecule has 0 saturated carbocycles. The molecule has 1 N–H and O–H groups in total. The van der Waals surface area contributed by atoms with Gasteiger partial charge in [-0.15, -0.1) is 16.4 Å². The highest BCUT2D eigenvalue weighted by atomic mass is 35.5. The molecule has 0 aliphatic rings. The average Bonchev–Trinajstić information content (AvgIpc) is 3.16. The number of carbonyl (C=O) groups is 1. The Hall–Kier alpha value is -2.25. The van der Waals surface area contributed by atoms with Gasteiger partial charge in [0.2, 0.25) is 0 Å². The maximum Gasteiger partial charge on any atom is 0.254 e. The summed E-state index contributed by atoms with van der Waals surface area (Å²) in [4.78, 5) is 13.7. The van der Waals surface area contributed by atoms with Gasteiger partial charge in [0.15, 0.2) is 0 Å². The standard InChI is InChI=1S/C15H14ClN5OS/c1-9-10(2)23-15(21-8-18-19-20-21)13(9)14(22)17-7-11-3-5-12(16)6-4-11/h3-6,8H,7H2,1-2H3,(H,17,22). The van der Waals surface area contributed by atoms with E-state index in [0.717, 1.165) is 21.0 Å². The van der Waals surface area contributed by atoms with Crippen LogP contribution in [0.25, 0.3) is 5.00 Å². The van der Waals surface area contributed by atoms with E-state index in [9.17, 15) is 4.79 Å². The molecule has 0 spiro atoms. The molecular weight excluding hydrogens is 334 g/mol. The molecule has 0 unspecified atom stereocenters. The molecule has 1 amide bonds. The number of tetrazole rings is 1. The van der Waals surface area contributed by atoms with Gasteiger partial charge in [0, 0.05) is 16.4 Å². The molecule has 23 heavy (non-hydrogen) atoms. The van der Waals surface area contributed by atoms with E-state index in [4.69, 9.17) is 11.6 Å². The van der Waals surface area contributed by atoms with Crippen molar-refractivity contribution in [2.24, 2.45) is 0 Å². The second-order valence-corrected chi connectivity index (χ2v) is 6.67. The quantitative estimate of drug-likeness (QED) is 0.787. The van der Waals surface area contributed by atoms with Gasteiger partial charge in [-0.05, 0) is 47.5 Å². The summed E-state index contributed by atoms with van der Waals surface area (Å²) in [5, 5.41) is 15.5. The predicted molar refractivity (Wildman–Crippen MR) is 89.1 cm³/mol. The number of nitrogens with one attached hydrogen (secondary N) is 1. The van der Waals surface area contributed by atoms with E-state index < -0.39 is 0 Å². The molecule has 2 heterocycles. The zero-order valence-corrected chi connectivity index (χ0v) is 14.1. The highest BCUT2D eigenvalue weighted by Crippen LogP contribution is 2.30. The van der Waals surface area contributed by atoms with E-state index in [1.165, 1.54) is 22.3 Å². The van der Waals surface area contributed by atoms with Crippen LogP contribution < -0.4 is 5.32 Å². The summed E-state index contributed by atoms with van der Waals surface area (Å²) in [7, 11) is 0. The molecule has 0 bridgehead atoms. The number of aryl methyl sites for hydroxylation is 1. The van der Waals surface area contributed by atoms with E-state index in [0.29, 0.717) is 17.1 Å². The second kappa shape index (κ2) is 6.47. The second-order valence-electron chi connectivity index (χ2n) is 5.03. The zero-order chi connectivity index (χ0) is 16.4.